The highest BCUT2D eigenvalue weighted by atomic mass is 16.7. The van der Waals surface area contributed by atoms with Gasteiger partial charge in [0.15, 0.2) is 0 Å². The summed E-state index contributed by atoms with van der Waals surface area (Å²) in [4.78, 5) is 13.1. The van der Waals surface area contributed by atoms with Crippen LogP contribution in [0.15, 0.2) is 54.6 Å². The van der Waals surface area contributed by atoms with Crippen molar-refractivity contribution in [1.29, 1.82) is 0 Å². The van der Waals surface area contributed by atoms with E-state index in [9.17, 15) is 4.79 Å². The molecule has 4 nitrogen and oxygen atoms in total. The standard InChI is InChI=1S/C34H54NO3/c1-6-9-10-11-12-13-14-15-17-20-29-23-25-32(26-24-29)37-33(8-3)38-34(36)31(7-2)28-35(4,5)27-30-21-18-16-19-22-30/h16,18-19,21-26,31,33H,6-15,17,20,27-28H2,1-5H3/q+1. The van der Waals surface area contributed by atoms with Crippen LogP contribution in [0.5, 0.6) is 5.75 Å². The quantitative estimate of drug-likeness (QED) is 0.0752. The molecule has 2 unspecified atom stereocenters. The van der Waals surface area contributed by atoms with Crippen molar-refractivity contribution in [1.82, 2.24) is 0 Å². The molecule has 0 spiro atoms. The molecule has 2 rings (SSSR count). The molecule has 0 radical (unpaired) electrons. The summed E-state index contributed by atoms with van der Waals surface area (Å²) in [6.45, 7) is 7.93. The zero-order chi connectivity index (χ0) is 27.6. The first-order valence-electron chi connectivity index (χ1n) is 15.2. The number of rotatable bonds is 20. The summed E-state index contributed by atoms with van der Waals surface area (Å²) in [6.07, 6.45) is 14.1. The van der Waals surface area contributed by atoms with E-state index in [1.54, 1.807) is 0 Å². The summed E-state index contributed by atoms with van der Waals surface area (Å²) in [5.74, 6) is 0.430. The molecule has 0 bridgehead atoms. The van der Waals surface area contributed by atoms with Gasteiger partial charge in [-0.1, -0.05) is 115 Å². The van der Waals surface area contributed by atoms with Gasteiger partial charge in [0.2, 0.25) is 6.29 Å². The molecule has 0 saturated heterocycles. The molecule has 4 heteroatoms. The predicted molar refractivity (Wildman–Crippen MR) is 159 cm³/mol. The van der Waals surface area contributed by atoms with Crippen molar-refractivity contribution in [2.75, 3.05) is 20.6 Å². The van der Waals surface area contributed by atoms with E-state index >= 15 is 0 Å². The SMILES string of the molecule is CCCCCCCCCCCc1ccc(OC(CC)OC(=O)C(CC)C[N+](C)(C)Cc2ccccc2)cc1. The Kier molecular flexibility index (Phi) is 15.1. The molecule has 0 amide bonds. The second kappa shape index (κ2) is 18.0. The lowest BCUT2D eigenvalue weighted by Crippen LogP contribution is -2.45. The van der Waals surface area contributed by atoms with E-state index in [0.29, 0.717) is 6.42 Å². The minimum absolute atomic E-state index is 0.162. The third-order valence-electron chi connectivity index (χ3n) is 7.34. The maximum Gasteiger partial charge on any atom is 0.317 e. The topological polar surface area (TPSA) is 35.5 Å². The Morgan fingerprint density at radius 2 is 1.34 bits per heavy atom. The number of hydrogen-bond acceptors (Lipinski definition) is 3. The highest BCUT2D eigenvalue weighted by Gasteiger charge is 2.29. The number of benzene rings is 2. The lowest BCUT2D eigenvalue weighted by molar-refractivity contribution is -0.906. The highest BCUT2D eigenvalue weighted by Crippen LogP contribution is 2.20. The number of carbonyl (C=O) groups is 1. The van der Waals surface area contributed by atoms with E-state index in [2.05, 4.69) is 64.3 Å². The van der Waals surface area contributed by atoms with Crippen LogP contribution >= 0.6 is 0 Å². The molecule has 0 aliphatic rings. The van der Waals surface area contributed by atoms with Crippen molar-refractivity contribution < 1.29 is 18.8 Å². The summed E-state index contributed by atoms with van der Waals surface area (Å²) >= 11 is 0. The fourth-order valence-corrected chi connectivity index (χ4v) is 5.05. The lowest BCUT2D eigenvalue weighted by Gasteiger charge is -2.33. The van der Waals surface area contributed by atoms with Gasteiger partial charge in [-0.25, -0.2) is 0 Å². The molecule has 0 heterocycles. The molecule has 38 heavy (non-hydrogen) atoms. The van der Waals surface area contributed by atoms with Gasteiger partial charge < -0.3 is 14.0 Å². The Labute approximate surface area is 233 Å². The largest absolute Gasteiger partial charge is 0.455 e. The number of unbranched alkanes of at least 4 members (excludes halogenated alkanes) is 8. The fourth-order valence-electron chi connectivity index (χ4n) is 5.05. The fraction of sp³-hybridized carbons (Fsp3) is 0.618. The van der Waals surface area contributed by atoms with Gasteiger partial charge in [-0.2, -0.15) is 0 Å². The average molecular weight is 525 g/mol. The predicted octanol–water partition coefficient (Wildman–Crippen LogP) is 8.72. The van der Waals surface area contributed by atoms with E-state index < -0.39 is 6.29 Å². The molecule has 0 aromatic heterocycles. The van der Waals surface area contributed by atoms with E-state index in [1.165, 1.54) is 68.9 Å². The van der Waals surface area contributed by atoms with Crippen LogP contribution < -0.4 is 4.74 Å². The van der Waals surface area contributed by atoms with Gasteiger partial charge in [0.1, 0.15) is 18.2 Å². The van der Waals surface area contributed by atoms with Gasteiger partial charge in [0.05, 0.1) is 20.6 Å². The van der Waals surface area contributed by atoms with Gasteiger partial charge in [-0.15, -0.1) is 0 Å². The summed E-state index contributed by atoms with van der Waals surface area (Å²) in [5, 5.41) is 0. The van der Waals surface area contributed by atoms with E-state index in [-0.39, 0.29) is 11.9 Å². The van der Waals surface area contributed by atoms with Crippen molar-refractivity contribution in [3.05, 3.63) is 65.7 Å². The molecule has 0 aliphatic heterocycles. The molecular weight excluding hydrogens is 470 g/mol. The van der Waals surface area contributed by atoms with Crippen molar-refractivity contribution in [2.24, 2.45) is 5.92 Å². The van der Waals surface area contributed by atoms with E-state index in [0.717, 1.165) is 36.2 Å². The normalized spacial score (nSPS) is 13.2. The Hall–Kier alpha value is -2.33. The van der Waals surface area contributed by atoms with Crippen LogP contribution in [0.4, 0.5) is 0 Å². The maximum absolute atomic E-state index is 13.1. The van der Waals surface area contributed by atoms with Gasteiger partial charge in [-0.05, 0) is 37.0 Å². The first-order valence-corrected chi connectivity index (χ1v) is 15.2. The number of aryl methyl sites for hydroxylation is 1. The molecule has 212 valence electrons. The van der Waals surface area contributed by atoms with Crippen LogP contribution in [0, 0.1) is 5.92 Å². The van der Waals surface area contributed by atoms with Crippen molar-refractivity contribution >= 4 is 5.97 Å². The Bertz CT molecular complexity index is 878. The zero-order valence-electron chi connectivity index (χ0n) is 24.9. The Morgan fingerprint density at radius 3 is 1.92 bits per heavy atom. The van der Waals surface area contributed by atoms with Crippen LogP contribution in [0.2, 0.25) is 0 Å². The molecule has 2 atom stereocenters. The molecule has 2 aromatic carbocycles. The molecular formula is C34H54NO3+. The number of esters is 1. The summed E-state index contributed by atoms with van der Waals surface area (Å²) < 4.78 is 12.6. The molecule has 0 N–H and O–H groups in total. The number of carbonyl (C=O) groups excluding carboxylic acids is 1. The minimum Gasteiger partial charge on any atom is -0.455 e. The van der Waals surface area contributed by atoms with Crippen molar-refractivity contribution in [3.63, 3.8) is 0 Å². The summed E-state index contributed by atoms with van der Waals surface area (Å²) in [6, 6.07) is 18.8. The monoisotopic (exact) mass is 524 g/mol. The molecule has 0 fully saturated rings. The highest BCUT2D eigenvalue weighted by molar-refractivity contribution is 5.72. The van der Waals surface area contributed by atoms with Gasteiger partial charge >= 0.3 is 5.97 Å². The van der Waals surface area contributed by atoms with Gasteiger partial charge in [0, 0.05) is 12.0 Å². The number of nitrogens with zero attached hydrogens (tertiary/aromatic N) is 1. The van der Waals surface area contributed by atoms with Crippen LogP contribution in [0.1, 0.15) is 103 Å². The summed E-state index contributed by atoms with van der Waals surface area (Å²) in [7, 11) is 4.35. The number of hydrogen-bond donors (Lipinski definition) is 0. The van der Waals surface area contributed by atoms with Crippen LogP contribution in [0.25, 0.3) is 0 Å². The van der Waals surface area contributed by atoms with Crippen molar-refractivity contribution in [2.45, 2.75) is 111 Å². The molecule has 0 aliphatic carbocycles. The second-order valence-electron chi connectivity index (χ2n) is 11.5. The van der Waals surface area contributed by atoms with Gasteiger partial charge in [0.25, 0.3) is 0 Å². The van der Waals surface area contributed by atoms with Gasteiger partial charge in [-0.3, -0.25) is 4.79 Å². The first kappa shape index (κ1) is 31.9. The molecule has 0 saturated carbocycles. The third-order valence-corrected chi connectivity index (χ3v) is 7.34. The van der Waals surface area contributed by atoms with Crippen LogP contribution in [0.3, 0.4) is 0 Å². The first-order chi connectivity index (χ1) is 18.4. The lowest BCUT2D eigenvalue weighted by atomic mass is 10.0. The van der Waals surface area contributed by atoms with Crippen LogP contribution in [-0.4, -0.2) is 37.4 Å². The number of quaternary nitrogens is 1. The summed E-state index contributed by atoms with van der Waals surface area (Å²) in [5.41, 5.74) is 2.62. The second-order valence-corrected chi connectivity index (χ2v) is 11.5. The minimum atomic E-state index is -0.565. The van der Waals surface area contributed by atoms with Crippen LogP contribution in [-0.2, 0) is 22.5 Å². The third kappa shape index (κ3) is 13.0. The smallest absolute Gasteiger partial charge is 0.317 e. The Balaban J connectivity index is 1.75. The van der Waals surface area contributed by atoms with E-state index in [4.69, 9.17) is 9.47 Å². The maximum atomic E-state index is 13.1. The molecule has 2 aromatic rings. The van der Waals surface area contributed by atoms with Crippen molar-refractivity contribution in [3.8, 4) is 5.75 Å². The zero-order valence-corrected chi connectivity index (χ0v) is 24.9. The number of ether oxygens (including phenoxy) is 2. The Morgan fingerprint density at radius 1 is 0.737 bits per heavy atom. The van der Waals surface area contributed by atoms with E-state index in [1.807, 2.05) is 25.1 Å². The average Bonchev–Trinajstić information content (AvgIpc) is 2.91.